The van der Waals surface area contributed by atoms with Gasteiger partial charge >= 0.3 is 5.97 Å². The van der Waals surface area contributed by atoms with Crippen LogP contribution in [0, 0.1) is 6.92 Å². The van der Waals surface area contributed by atoms with Crippen LogP contribution in [0.15, 0.2) is 61.2 Å². The highest BCUT2D eigenvalue weighted by Gasteiger charge is 2.10. The average molecular weight is 268 g/mol. The van der Waals surface area contributed by atoms with E-state index in [-0.39, 0.29) is 5.97 Å². The Kier molecular flexibility index (Phi) is 4.56. The van der Waals surface area contributed by atoms with Crippen LogP contribution in [0.5, 0.6) is 11.5 Å². The van der Waals surface area contributed by atoms with E-state index in [0.717, 1.165) is 11.3 Å². The third kappa shape index (κ3) is 3.48. The Morgan fingerprint density at radius 3 is 2.60 bits per heavy atom. The molecule has 20 heavy (non-hydrogen) atoms. The van der Waals surface area contributed by atoms with Crippen molar-refractivity contribution in [2.75, 3.05) is 6.61 Å². The summed E-state index contributed by atoms with van der Waals surface area (Å²) < 4.78 is 10.7. The summed E-state index contributed by atoms with van der Waals surface area (Å²) in [6.45, 7) is 5.92. The van der Waals surface area contributed by atoms with Gasteiger partial charge in [0.15, 0.2) is 0 Å². The number of carbonyl (C=O) groups excluding carboxylic acids is 1. The van der Waals surface area contributed by atoms with Crippen molar-refractivity contribution in [2.45, 2.75) is 6.92 Å². The predicted molar refractivity (Wildman–Crippen MR) is 78.3 cm³/mol. The summed E-state index contributed by atoms with van der Waals surface area (Å²) in [5, 5.41) is 0. The van der Waals surface area contributed by atoms with Crippen LogP contribution >= 0.6 is 0 Å². The molecule has 0 atom stereocenters. The normalized spacial score (nSPS) is 9.85. The van der Waals surface area contributed by atoms with Crippen molar-refractivity contribution in [2.24, 2.45) is 0 Å². The van der Waals surface area contributed by atoms with Gasteiger partial charge in [-0.05, 0) is 42.8 Å². The number of carbonyl (C=O) groups is 1. The summed E-state index contributed by atoms with van der Waals surface area (Å²) in [5.41, 5.74) is 1.38. The lowest BCUT2D eigenvalue weighted by molar-refractivity contribution is 0.0734. The molecule has 0 amide bonds. The highest BCUT2D eigenvalue weighted by atomic mass is 16.5. The lowest BCUT2D eigenvalue weighted by atomic mass is 10.1. The van der Waals surface area contributed by atoms with Crippen LogP contribution in [0.3, 0.4) is 0 Å². The van der Waals surface area contributed by atoms with Crippen molar-refractivity contribution >= 4 is 5.97 Å². The van der Waals surface area contributed by atoms with Gasteiger partial charge < -0.3 is 9.47 Å². The molecule has 0 aromatic heterocycles. The van der Waals surface area contributed by atoms with Gasteiger partial charge in [0.2, 0.25) is 0 Å². The monoisotopic (exact) mass is 268 g/mol. The van der Waals surface area contributed by atoms with Gasteiger partial charge in [-0.25, -0.2) is 4.79 Å². The third-order valence-electron chi connectivity index (χ3n) is 2.72. The number of para-hydroxylation sites is 1. The zero-order chi connectivity index (χ0) is 14.4. The van der Waals surface area contributed by atoms with Gasteiger partial charge in [-0.3, -0.25) is 0 Å². The molecule has 0 N–H and O–H groups in total. The van der Waals surface area contributed by atoms with E-state index in [1.807, 2.05) is 25.1 Å². The van der Waals surface area contributed by atoms with Gasteiger partial charge in [0, 0.05) is 0 Å². The van der Waals surface area contributed by atoms with E-state index in [0.29, 0.717) is 17.9 Å². The number of benzene rings is 2. The highest BCUT2D eigenvalue weighted by molar-refractivity contribution is 5.91. The second kappa shape index (κ2) is 6.57. The maximum atomic E-state index is 12.0. The first-order valence-electron chi connectivity index (χ1n) is 6.32. The zero-order valence-corrected chi connectivity index (χ0v) is 11.3. The van der Waals surface area contributed by atoms with Crippen LogP contribution in [0.25, 0.3) is 0 Å². The Labute approximate surface area is 118 Å². The maximum absolute atomic E-state index is 12.0. The second-order valence-corrected chi connectivity index (χ2v) is 4.28. The number of hydrogen-bond donors (Lipinski definition) is 0. The molecule has 2 rings (SSSR count). The van der Waals surface area contributed by atoms with Gasteiger partial charge in [0.25, 0.3) is 0 Å². The Balaban J connectivity index is 2.11. The average Bonchev–Trinajstić information content (AvgIpc) is 2.47. The summed E-state index contributed by atoms with van der Waals surface area (Å²) in [7, 11) is 0. The van der Waals surface area contributed by atoms with E-state index >= 15 is 0 Å². The van der Waals surface area contributed by atoms with Crippen molar-refractivity contribution in [1.29, 1.82) is 0 Å². The molecular weight excluding hydrogens is 252 g/mol. The summed E-state index contributed by atoms with van der Waals surface area (Å²) in [4.78, 5) is 12.0. The molecule has 0 fully saturated rings. The Morgan fingerprint density at radius 1 is 1.20 bits per heavy atom. The molecule has 2 aromatic rings. The van der Waals surface area contributed by atoms with Gasteiger partial charge in [-0.2, -0.15) is 0 Å². The van der Waals surface area contributed by atoms with Crippen molar-refractivity contribution in [3.8, 4) is 11.5 Å². The lowest BCUT2D eigenvalue weighted by Crippen LogP contribution is -2.09. The van der Waals surface area contributed by atoms with E-state index in [1.54, 1.807) is 36.4 Å². The number of esters is 1. The van der Waals surface area contributed by atoms with E-state index in [4.69, 9.17) is 9.47 Å². The maximum Gasteiger partial charge on any atom is 0.343 e. The van der Waals surface area contributed by atoms with E-state index in [9.17, 15) is 4.79 Å². The van der Waals surface area contributed by atoms with Gasteiger partial charge in [-0.15, -0.1) is 0 Å². The Hall–Kier alpha value is -2.55. The molecule has 0 saturated heterocycles. The fourth-order valence-electron chi connectivity index (χ4n) is 1.74. The van der Waals surface area contributed by atoms with E-state index < -0.39 is 0 Å². The minimum absolute atomic E-state index is 0.380. The molecule has 0 saturated carbocycles. The first-order valence-corrected chi connectivity index (χ1v) is 6.32. The van der Waals surface area contributed by atoms with Crippen LogP contribution in [0.4, 0.5) is 0 Å². The Bertz CT molecular complexity index is 603. The van der Waals surface area contributed by atoms with Crippen LogP contribution in [0.2, 0.25) is 0 Å². The predicted octanol–water partition coefficient (Wildman–Crippen LogP) is 3.78. The first-order chi connectivity index (χ1) is 9.70. The number of rotatable bonds is 5. The smallest absolute Gasteiger partial charge is 0.343 e. The fourth-order valence-corrected chi connectivity index (χ4v) is 1.74. The van der Waals surface area contributed by atoms with Crippen LogP contribution in [0.1, 0.15) is 15.9 Å². The Morgan fingerprint density at radius 2 is 1.95 bits per heavy atom. The molecule has 0 unspecified atom stereocenters. The van der Waals surface area contributed by atoms with Crippen molar-refractivity contribution in [3.05, 3.63) is 72.3 Å². The second-order valence-electron chi connectivity index (χ2n) is 4.28. The molecule has 102 valence electrons. The molecular formula is C17H16O3. The number of ether oxygens (including phenoxy) is 2. The van der Waals surface area contributed by atoms with Crippen molar-refractivity contribution in [1.82, 2.24) is 0 Å². The van der Waals surface area contributed by atoms with Gasteiger partial charge in [0.1, 0.15) is 18.1 Å². The number of hydrogen-bond acceptors (Lipinski definition) is 3. The first kappa shape index (κ1) is 13.9. The minimum atomic E-state index is -0.380. The summed E-state index contributed by atoms with van der Waals surface area (Å²) in [6, 6.07) is 14.2. The standard InChI is InChI=1S/C17H16O3/c1-3-11-19-16-10-9-14(12-13(16)2)17(18)20-15-7-5-4-6-8-15/h3-10,12H,1,11H2,2H3. The summed E-state index contributed by atoms with van der Waals surface area (Å²) in [6.07, 6.45) is 1.68. The van der Waals surface area contributed by atoms with Gasteiger partial charge in [0.05, 0.1) is 5.56 Å². The van der Waals surface area contributed by atoms with Crippen molar-refractivity contribution in [3.63, 3.8) is 0 Å². The SMILES string of the molecule is C=CCOc1ccc(C(=O)Oc2ccccc2)cc1C. The highest BCUT2D eigenvalue weighted by Crippen LogP contribution is 2.20. The molecule has 0 aliphatic heterocycles. The largest absolute Gasteiger partial charge is 0.489 e. The van der Waals surface area contributed by atoms with Crippen LogP contribution in [-0.2, 0) is 0 Å². The molecule has 0 aliphatic carbocycles. The van der Waals surface area contributed by atoms with E-state index in [2.05, 4.69) is 6.58 Å². The summed E-state index contributed by atoms with van der Waals surface area (Å²) >= 11 is 0. The molecule has 3 heteroatoms. The molecule has 2 aromatic carbocycles. The molecule has 0 heterocycles. The molecule has 0 radical (unpaired) electrons. The van der Waals surface area contributed by atoms with Crippen LogP contribution in [-0.4, -0.2) is 12.6 Å². The fraction of sp³-hybridized carbons (Fsp3) is 0.118. The quantitative estimate of drug-likeness (QED) is 0.470. The number of aryl methyl sites for hydroxylation is 1. The molecule has 3 nitrogen and oxygen atoms in total. The molecule has 0 aliphatic rings. The van der Waals surface area contributed by atoms with Gasteiger partial charge in [-0.1, -0.05) is 30.9 Å². The molecule has 0 spiro atoms. The zero-order valence-electron chi connectivity index (χ0n) is 11.3. The van der Waals surface area contributed by atoms with Crippen molar-refractivity contribution < 1.29 is 14.3 Å². The summed E-state index contributed by atoms with van der Waals surface area (Å²) in [5.74, 6) is 0.887. The third-order valence-corrected chi connectivity index (χ3v) is 2.72. The molecule has 0 bridgehead atoms. The minimum Gasteiger partial charge on any atom is -0.489 e. The van der Waals surface area contributed by atoms with Crippen LogP contribution < -0.4 is 9.47 Å². The van der Waals surface area contributed by atoms with E-state index in [1.165, 1.54) is 0 Å². The lowest BCUT2D eigenvalue weighted by Gasteiger charge is -2.09. The topological polar surface area (TPSA) is 35.5 Å².